The third-order valence-corrected chi connectivity index (χ3v) is 1.58. The Morgan fingerprint density at radius 2 is 2.33 bits per heavy atom. The van der Waals surface area contributed by atoms with Crippen molar-refractivity contribution in [2.24, 2.45) is 0 Å². The monoisotopic (exact) mass is 167 g/mol. The van der Waals surface area contributed by atoms with Crippen LogP contribution >= 0.6 is 0 Å². The summed E-state index contributed by atoms with van der Waals surface area (Å²) in [5.74, 6) is 0.785. The van der Waals surface area contributed by atoms with Gasteiger partial charge in [-0.3, -0.25) is 0 Å². The first kappa shape index (κ1) is 8.70. The molecule has 0 saturated carbocycles. The molecule has 0 spiro atoms. The van der Waals surface area contributed by atoms with Crippen LogP contribution in [0.25, 0.3) is 0 Å². The highest BCUT2D eigenvalue weighted by Crippen LogP contribution is 2.01. The van der Waals surface area contributed by atoms with Crippen molar-refractivity contribution in [3.8, 4) is 0 Å². The van der Waals surface area contributed by atoms with Crippen molar-refractivity contribution < 1.29 is 0 Å². The zero-order chi connectivity index (χ0) is 8.97. The van der Waals surface area contributed by atoms with Gasteiger partial charge in [-0.2, -0.15) is 4.98 Å². The predicted molar refractivity (Wildman–Crippen MR) is 47.6 cm³/mol. The quantitative estimate of drug-likeness (QED) is 0.691. The Hall–Kier alpha value is -1.39. The molecule has 1 atom stereocenters. The Kier molecular flexibility index (Phi) is 2.79. The Bertz CT molecular complexity index is 249. The van der Waals surface area contributed by atoms with Crippen molar-refractivity contribution in [2.45, 2.75) is 26.3 Å². The van der Waals surface area contributed by atoms with Crippen molar-refractivity contribution in [3.63, 3.8) is 0 Å². The summed E-state index contributed by atoms with van der Waals surface area (Å²) in [6, 6.07) is 0.354. The van der Waals surface area contributed by atoms with E-state index in [9.17, 15) is 0 Å². The molecule has 1 aromatic heterocycles. The van der Waals surface area contributed by atoms with Crippen LogP contribution in [0.15, 0.2) is 6.33 Å². The van der Waals surface area contributed by atoms with Crippen LogP contribution in [0.4, 0.5) is 11.9 Å². The summed E-state index contributed by atoms with van der Waals surface area (Å²) in [6.07, 6.45) is 2.42. The Balaban J connectivity index is 2.63. The van der Waals surface area contributed by atoms with Gasteiger partial charge in [0.15, 0.2) is 0 Å². The third-order valence-electron chi connectivity index (χ3n) is 1.58. The minimum atomic E-state index is 0.246. The minimum Gasteiger partial charge on any atom is -0.368 e. The number of rotatable bonds is 3. The van der Waals surface area contributed by atoms with Gasteiger partial charge in [-0.1, -0.05) is 6.92 Å². The van der Waals surface area contributed by atoms with E-state index in [1.54, 1.807) is 0 Å². The molecule has 3 N–H and O–H groups in total. The lowest BCUT2D eigenvalue weighted by Gasteiger charge is -2.09. The fourth-order valence-electron chi connectivity index (χ4n) is 0.701. The Morgan fingerprint density at radius 1 is 1.58 bits per heavy atom. The first-order chi connectivity index (χ1) is 5.72. The molecule has 0 amide bonds. The maximum Gasteiger partial charge on any atom is 0.227 e. The summed E-state index contributed by atoms with van der Waals surface area (Å²) in [7, 11) is 0. The van der Waals surface area contributed by atoms with Gasteiger partial charge in [-0.15, -0.1) is 0 Å². The average Bonchev–Trinajstić information content (AvgIpc) is 2.04. The second kappa shape index (κ2) is 3.85. The van der Waals surface area contributed by atoms with E-state index in [0.29, 0.717) is 12.0 Å². The molecule has 66 valence electrons. The molecule has 12 heavy (non-hydrogen) atoms. The summed E-state index contributed by atoms with van der Waals surface area (Å²) in [5.41, 5.74) is 5.37. The summed E-state index contributed by atoms with van der Waals surface area (Å²) < 4.78 is 0. The molecule has 0 saturated heterocycles. The van der Waals surface area contributed by atoms with E-state index < -0.39 is 0 Å². The van der Waals surface area contributed by atoms with Gasteiger partial charge in [-0.25, -0.2) is 9.97 Å². The van der Waals surface area contributed by atoms with E-state index in [0.717, 1.165) is 6.42 Å². The van der Waals surface area contributed by atoms with Crippen LogP contribution in [0.5, 0.6) is 0 Å². The molecule has 1 unspecified atom stereocenters. The van der Waals surface area contributed by atoms with Crippen LogP contribution in [-0.2, 0) is 0 Å². The van der Waals surface area contributed by atoms with Gasteiger partial charge in [0.1, 0.15) is 6.33 Å². The van der Waals surface area contributed by atoms with Crippen molar-refractivity contribution in [3.05, 3.63) is 6.33 Å². The van der Waals surface area contributed by atoms with Gasteiger partial charge in [0.05, 0.1) is 0 Å². The number of hydrogen-bond donors (Lipinski definition) is 2. The molecule has 0 aliphatic carbocycles. The standard InChI is InChI=1S/C7H13N5/c1-3-5(2)11-7-10-4-9-6(8)12-7/h4-5H,3H2,1-2H3,(H3,8,9,10,11,12). The molecule has 1 heterocycles. The molecule has 1 aromatic rings. The molecule has 0 radical (unpaired) electrons. The molecule has 5 heteroatoms. The predicted octanol–water partition coefficient (Wildman–Crippen LogP) is 0.664. The topological polar surface area (TPSA) is 76.7 Å². The molecular formula is C7H13N5. The van der Waals surface area contributed by atoms with E-state index in [1.807, 2.05) is 0 Å². The van der Waals surface area contributed by atoms with Crippen molar-refractivity contribution in [2.75, 3.05) is 11.1 Å². The van der Waals surface area contributed by atoms with Gasteiger partial charge < -0.3 is 11.1 Å². The van der Waals surface area contributed by atoms with Crippen LogP contribution in [0.2, 0.25) is 0 Å². The summed E-state index contributed by atoms with van der Waals surface area (Å²) >= 11 is 0. The number of nitrogen functional groups attached to an aromatic ring is 1. The zero-order valence-corrected chi connectivity index (χ0v) is 7.28. The fourth-order valence-corrected chi connectivity index (χ4v) is 0.701. The van der Waals surface area contributed by atoms with Crippen molar-refractivity contribution in [1.82, 2.24) is 15.0 Å². The smallest absolute Gasteiger partial charge is 0.227 e. The highest BCUT2D eigenvalue weighted by Gasteiger charge is 2.00. The van der Waals surface area contributed by atoms with Crippen LogP contribution in [0, 0.1) is 0 Å². The lowest BCUT2D eigenvalue weighted by atomic mass is 10.3. The molecule has 0 aromatic carbocycles. The van der Waals surface area contributed by atoms with E-state index in [4.69, 9.17) is 5.73 Å². The minimum absolute atomic E-state index is 0.246. The van der Waals surface area contributed by atoms with Gasteiger partial charge in [0.25, 0.3) is 0 Å². The van der Waals surface area contributed by atoms with E-state index >= 15 is 0 Å². The van der Waals surface area contributed by atoms with Gasteiger partial charge >= 0.3 is 0 Å². The van der Waals surface area contributed by atoms with E-state index in [2.05, 4.69) is 34.1 Å². The molecule has 1 rings (SSSR count). The molecule has 0 aliphatic rings. The van der Waals surface area contributed by atoms with Crippen LogP contribution < -0.4 is 11.1 Å². The number of nitrogens with zero attached hydrogens (tertiary/aromatic N) is 3. The highest BCUT2D eigenvalue weighted by atomic mass is 15.2. The van der Waals surface area contributed by atoms with Crippen molar-refractivity contribution >= 4 is 11.9 Å². The molecule has 0 bridgehead atoms. The van der Waals surface area contributed by atoms with Gasteiger partial charge in [0.2, 0.25) is 11.9 Å². The third kappa shape index (κ3) is 2.34. The molecule has 0 fully saturated rings. The largest absolute Gasteiger partial charge is 0.368 e. The molecule has 5 nitrogen and oxygen atoms in total. The second-order valence-electron chi connectivity index (χ2n) is 2.62. The molecule has 0 aliphatic heterocycles. The maximum atomic E-state index is 5.37. The SMILES string of the molecule is CCC(C)Nc1ncnc(N)n1. The van der Waals surface area contributed by atoms with E-state index in [-0.39, 0.29) is 5.95 Å². The molecular weight excluding hydrogens is 154 g/mol. The lowest BCUT2D eigenvalue weighted by molar-refractivity contribution is 0.751. The number of nitrogens with two attached hydrogens (primary N) is 1. The first-order valence-electron chi connectivity index (χ1n) is 3.93. The van der Waals surface area contributed by atoms with Gasteiger partial charge in [-0.05, 0) is 13.3 Å². The first-order valence-corrected chi connectivity index (χ1v) is 3.93. The fraction of sp³-hybridized carbons (Fsp3) is 0.571. The van der Waals surface area contributed by atoms with Crippen LogP contribution in [0.3, 0.4) is 0 Å². The summed E-state index contributed by atoms with van der Waals surface area (Å²) in [6.45, 7) is 4.14. The van der Waals surface area contributed by atoms with Crippen molar-refractivity contribution in [1.29, 1.82) is 0 Å². The maximum absolute atomic E-state index is 5.37. The average molecular weight is 167 g/mol. The Labute approximate surface area is 71.4 Å². The second-order valence-corrected chi connectivity index (χ2v) is 2.62. The van der Waals surface area contributed by atoms with Crippen LogP contribution in [0.1, 0.15) is 20.3 Å². The summed E-state index contributed by atoms with van der Waals surface area (Å²) in [5, 5.41) is 3.09. The Morgan fingerprint density at radius 3 is 2.92 bits per heavy atom. The number of nitrogens with one attached hydrogen (secondary N) is 1. The van der Waals surface area contributed by atoms with Crippen LogP contribution in [-0.4, -0.2) is 21.0 Å². The highest BCUT2D eigenvalue weighted by molar-refractivity contribution is 5.29. The number of hydrogen-bond acceptors (Lipinski definition) is 5. The lowest BCUT2D eigenvalue weighted by Crippen LogP contribution is -2.16. The van der Waals surface area contributed by atoms with E-state index in [1.165, 1.54) is 6.33 Å². The summed E-state index contributed by atoms with van der Waals surface area (Å²) in [4.78, 5) is 11.5. The number of anilines is 2. The normalized spacial score (nSPS) is 12.5. The zero-order valence-electron chi connectivity index (χ0n) is 7.28. The number of aromatic nitrogens is 3. The van der Waals surface area contributed by atoms with Gasteiger partial charge in [0, 0.05) is 6.04 Å².